The number of halogens is 5. The van der Waals surface area contributed by atoms with Gasteiger partial charge in [0, 0.05) is 4.90 Å². The SMILES string of the molecule is COc1ccc(SC(F)(F)C(F)(Cl)Cl)cc1. The van der Waals surface area contributed by atoms with E-state index in [1.807, 2.05) is 0 Å². The second-order valence-electron chi connectivity index (χ2n) is 2.79. The second kappa shape index (κ2) is 4.94. The van der Waals surface area contributed by atoms with Gasteiger partial charge >= 0.3 is 9.84 Å². The molecule has 16 heavy (non-hydrogen) atoms. The lowest BCUT2D eigenvalue weighted by Crippen LogP contribution is -2.30. The van der Waals surface area contributed by atoms with Gasteiger partial charge in [0.1, 0.15) is 5.75 Å². The molecule has 1 nitrogen and oxygen atoms in total. The van der Waals surface area contributed by atoms with Crippen molar-refractivity contribution in [3.63, 3.8) is 0 Å². The number of alkyl halides is 5. The molecule has 0 spiro atoms. The average Bonchev–Trinajstić information content (AvgIpc) is 2.16. The molecule has 0 bridgehead atoms. The second-order valence-corrected chi connectivity index (χ2v) is 5.22. The van der Waals surface area contributed by atoms with Gasteiger partial charge in [0.2, 0.25) is 0 Å². The van der Waals surface area contributed by atoms with Crippen molar-refractivity contribution >= 4 is 35.0 Å². The van der Waals surface area contributed by atoms with Crippen molar-refractivity contribution in [1.82, 2.24) is 0 Å². The minimum Gasteiger partial charge on any atom is -0.497 e. The van der Waals surface area contributed by atoms with Gasteiger partial charge in [0.05, 0.1) is 7.11 Å². The summed E-state index contributed by atoms with van der Waals surface area (Å²) in [4.78, 5) is 0.133. The molecular weight excluding hydrogens is 284 g/mol. The average molecular weight is 291 g/mol. The van der Waals surface area contributed by atoms with E-state index in [-0.39, 0.29) is 16.7 Å². The van der Waals surface area contributed by atoms with Crippen LogP contribution in [0.3, 0.4) is 0 Å². The van der Waals surface area contributed by atoms with Crippen LogP contribution in [0.2, 0.25) is 0 Å². The summed E-state index contributed by atoms with van der Waals surface area (Å²) in [7, 11) is 1.45. The zero-order chi connectivity index (χ0) is 12.4. The van der Waals surface area contributed by atoms with Crippen LogP contribution in [0.25, 0.3) is 0 Å². The van der Waals surface area contributed by atoms with E-state index >= 15 is 0 Å². The number of ether oxygens (including phenoxy) is 1. The Kier molecular flexibility index (Phi) is 4.26. The predicted octanol–water partition coefficient (Wildman–Crippen LogP) is 4.48. The molecule has 0 saturated heterocycles. The van der Waals surface area contributed by atoms with E-state index < -0.39 is 9.84 Å². The van der Waals surface area contributed by atoms with Gasteiger partial charge in [-0.25, -0.2) is 0 Å². The lowest BCUT2D eigenvalue weighted by Gasteiger charge is -2.21. The van der Waals surface area contributed by atoms with Gasteiger partial charge in [-0.3, -0.25) is 0 Å². The maximum Gasteiger partial charge on any atom is 0.359 e. The highest BCUT2D eigenvalue weighted by Gasteiger charge is 2.53. The summed E-state index contributed by atoms with van der Waals surface area (Å²) in [6.45, 7) is 0. The van der Waals surface area contributed by atoms with Crippen LogP contribution in [0, 0.1) is 0 Å². The third-order valence-corrected chi connectivity index (χ3v) is 3.38. The number of hydrogen-bond donors (Lipinski definition) is 0. The van der Waals surface area contributed by atoms with E-state index in [9.17, 15) is 13.2 Å². The molecule has 0 aromatic heterocycles. The summed E-state index contributed by atoms with van der Waals surface area (Å²) in [5.74, 6) is 0.510. The molecule has 0 fully saturated rings. The summed E-state index contributed by atoms with van der Waals surface area (Å²) in [5.41, 5.74) is 0. The van der Waals surface area contributed by atoms with Gasteiger partial charge in [-0.05, 0) is 36.0 Å². The summed E-state index contributed by atoms with van der Waals surface area (Å²) in [6.07, 6.45) is 0. The standard InChI is InChI=1S/C9H7Cl2F3OS/c1-15-6-2-4-7(5-3-6)16-9(13,14)8(10,11)12/h2-5H,1H3. The smallest absolute Gasteiger partial charge is 0.359 e. The third kappa shape index (κ3) is 3.37. The minimum atomic E-state index is -3.93. The number of methoxy groups -OCH3 is 1. The number of thioether (sulfide) groups is 1. The normalized spacial score (nSPS) is 12.6. The largest absolute Gasteiger partial charge is 0.497 e. The fourth-order valence-electron chi connectivity index (χ4n) is 0.850. The third-order valence-electron chi connectivity index (χ3n) is 1.64. The van der Waals surface area contributed by atoms with Crippen LogP contribution < -0.4 is 4.74 Å². The van der Waals surface area contributed by atoms with Crippen LogP contribution >= 0.6 is 35.0 Å². The first-order valence-electron chi connectivity index (χ1n) is 4.04. The Hall–Kier alpha value is -0.260. The summed E-state index contributed by atoms with van der Waals surface area (Å²) >= 11 is 9.42. The van der Waals surface area contributed by atoms with Crippen molar-refractivity contribution in [2.75, 3.05) is 7.11 Å². The van der Waals surface area contributed by atoms with Gasteiger partial charge in [-0.15, -0.1) is 0 Å². The van der Waals surface area contributed by atoms with Gasteiger partial charge < -0.3 is 4.74 Å². The summed E-state index contributed by atoms with van der Waals surface area (Å²) < 4.78 is 40.1. The molecule has 0 aliphatic heterocycles. The molecule has 90 valence electrons. The maximum atomic E-state index is 13.1. The van der Waals surface area contributed by atoms with Crippen LogP contribution in [0.1, 0.15) is 0 Å². The summed E-state index contributed by atoms with van der Waals surface area (Å²) in [5, 5.41) is -3.93. The van der Waals surface area contributed by atoms with E-state index in [4.69, 9.17) is 27.9 Å². The van der Waals surface area contributed by atoms with Crippen molar-refractivity contribution in [3.05, 3.63) is 24.3 Å². The quantitative estimate of drug-likeness (QED) is 0.597. The van der Waals surface area contributed by atoms with E-state index in [1.165, 1.54) is 31.4 Å². The Labute approximate surface area is 105 Å². The highest BCUT2D eigenvalue weighted by atomic mass is 35.5. The molecular formula is C9H7Cl2F3OS. The molecule has 0 amide bonds. The van der Waals surface area contributed by atoms with Crippen molar-refractivity contribution in [2.45, 2.75) is 14.7 Å². The Morgan fingerprint density at radius 3 is 2.00 bits per heavy atom. The highest BCUT2D eigenvalue weighted by Crippen LogP contribution is 2.50. The summed E-state index contributed by atoms with van der Waals surface area (Å²) in [6, 6.07) is 5.66. The van der Waals surface area contributed by atoms with Crippen LogP contribution in [-0.2, 0) is 0 Å². The predicted molar refractivity (Wildman–Crippen MR) is 59.3 cm³/mol. The molecule has 0 heterocycles. The molecule has 1 aromatic rings. The zero-order valence-corrected chi connectivity index (χ0v) is 10.3. The lowest BCUT2D eigenvalue weighted by molar-refractivity contribution is 0.0325. The van der Waals surface area contributed by atoms with Gasteiger partial charge in [-0.2, -0.15) is 13.2 Å². The first-order chi connectivity index (χ1) is 7.26. The molecule has 1 aromatic carbocycles. The van der Waals surface area contributed by atoms with E-state index in [2.05, 4.69) is 0 Å². The molecule has 0 N–H and O–H groups in total. The fourth-order valence-corrected chi connectivity index (χ4v) is 1.77. The fraction of sp³-hybridized carbons (Fsp3) is 0.333. The van der Waals surface area contributed by atoms with Crippen LogP contribution in [0.4, 0.5) is 13.2 Å². The molecule has 7 heteroatoms. The highest BCUT2D eigenvalue weighted by molar-refractivity contribution is 8.00. The lowest BCUT2D eigenvalue weighted by atomic mass is 10.3. The molecule has 0 radical (unpaired) electrons. The van der Waals surface area contributed by atoms with Crippen molar-refractivity contribution in [1.29, 1.82) is 0 Å². The van der Waals surface area contributed by atoms with Crippen LogP contribution in [-0.4, -0.2) is 17.0 Å². The van der Waals surface area contributed by atoms with Crippen molar-refractivity contribution in [3.8, 4) is 5.75 Å². The molecule has 0 unspecified atom stereocenters. The molecule has 1 rings (SSSR count). The van der Waals surface area contributed by atoms with Crippen molar-refractivity contribution < 1.29 is 17.9 Å². The first-order valence-corrected chi connectivity index (χ1v) is 5.61. The van der Waals surface area contributed by atoms with Gasteiger partial charge in [0.15, 0.2) is 0 Å². The monoisotopic (exact) mass is 290 g/mol. The van der Waals surface area contributed by atoms with Crippen LogP contribution in [0.15, 0.2) is 29.2 Å². The Balaban J connectivity index is 2.80. The number of benzene rings is 1. The topological polar surface area (TPSA) is 9.23 Å². The number of rotatable bonds is 4. The maximum absolute atomic E-state index is 13.1. The minimum absolute atomic E-state index is 0.0558. The van der Waals surface area contributed by atoms with Gasteiger partial charge in [0.25, 0.3) is 0 Å². The Morgan fingerprint density at radius 2 is 1.62 bits per heavy atom. The molecule has 0 atom stereocenters. The van der Waals surface area contributed by atoms with Crippen LogP contribution in [0.5, 0.6) is 5.75 Å². The number of hydrogen-bond acceptors (Lipinski definition) is 2. The van der Waals surface area contributed by atoms with E-state index in [1.54, 1.807) is 0 Å². The Bertz CT molecular complexity index is 351. The molecule has 0 aliphatic rings. The van der Waals surface area contributed by atoms with Gasteiger partial charge in [-0.1, -0.05) is 23.2 Å². The Morgan fingerprint density at radius 1 is 1.12 bits per heavy atom. The zero-order valence-electron chi connectivity index (χ0n) is 8.02. The van der Waals surface area contributed by atoms with Crippen molar-refractivity contribution in [2.24, 2.45) is 0 Å². The molecule has 0 saturated carbocycles. The van der Waals surface area contributed by atoms with E-state index in [0.717, 1.165) is 0 Å². The first kappa shape index (κ1) is 13.8. The van der Waals surface area contributed by atoms with E-state index in [0.29, 0.717) is 5.75 Å². The molecule has 0 aliphatic carbocycles.